The molecule has 0 aromatic rings. The zero-order valence-electron chi connectivity index (χ0n) is 10.4. The first-order valence-electron chi connectivity index (χ1n) is 5.72. The molecule has 0 saturated carbocycles. The molecule has 1 aliphatic heterocycles. The first-order valence-corrected chi connectivity index (χ1v) is 5.72. The molecule has 88 valence electrons. The van der Waals surface area contributed by atoms with Crippen molar-refractivity contribution in [2.24, 2.45) is 0 Å². The summed E-state index contributed by atoms with van der Waals surface area (Å²) in [5, 5.41) is 0. The van der Waals surface area contributed by atoms with E-state index in [1.807, 2.05) is 19.0 Å². The van der Waals surface area contributed by atoms with Crippen LogP contribution in [0.1, 0.15) is 20.3 Å². The highest BCUT2D eigenvalue weighted by atomic mass is 16.2. The molecule has 1 saturated heterocycles. The fourth-order valence-electron chi connectivity index (χ4n) is 1.93. The Bertz CT molecular complexity index is 216. The molecule has 4 nitrogen and oxygen atoms in total. The monoisotopic (exact) mass is 213 g/mol. The van der Waals surface area contributed by atoms with Crippen molar-refractivity contribution < 1.29 is 4.79 Å². The van der Waals surface area contributed by atoms with Crippen LogP contribution in [0.15, 0.2) is 0 Å². The van der Waals surface area contributed by atoms with Gasteiger partial charge >= 0.3 is 6.03 Å². The highest BCUT2D eigenvalue weighted by Crippen LogP contribution is 2.07. The van der Waals surface area contributed by atoms with Crippen molar-refractivity contribution >= 4 is 6.03 Å². The molecule has 1 heterocycles. The van der Waals surface area contributed by atoms with Gasteiger partial charge in [0.15, 0.2) is 0 Å². The van der Waals surface area contributed by atoms with Crippen LogP contribution in [-0.2, 0) is 0 Å². The molecule has 1 fully saturated rings. The third-order valence-electron chi connectivity index (χ3n) is 2.91. The van der Waals surface area contributed by atoms with Crippen molar-refractivity contribution in [3.8, 4) is 0 Å². The van der Waals surface area contributed by atoms with E-state index < -0.39 is 0 Å². The van der Waals surface area contributed by atoms with Crippen LogP contribution in [-0.4, -0.2) is 67.0 Å². The maximum atomic E-state index is 11.8. The SMILES string of the molecule is CC(C)N1CCCN(C(=O)N(C)C)CC1. The third-order valence-corrected chi connectivity index (χ3v) is 2.91. The summed E-state index contributed by atoms with van der Waals surface area (Å²) in [6.45, 7) is 8.27. The van der Waals surface area contributed by atoms with Gasteiger partial charge in [-0.25, -0.2) is 4.79 Å². The maximum absolute atomic E-state index is 11.8. The summed E-state index contributed by atoms with van der Waals surface area (Å²) in [6.07, 6.45) is 1.08. The summed E-state index contributed by atoms with van der Waals surface area (Å²) < 4.78 is 0. The van der Waals surface area contributed by atoms with Crippen LogP contribution < -0.4 is 0 Å². The van der Waals surface area contributed by atoms with E-state index in [9.17, 15) is 4.79 Å². The van der Waals surface area contributed by atoms with Gasteiger partial charge in [0.25, 0.3) is 0 Å². The van der Waals surface area contributed by atoms with Gasteiger partial charge in [0.1, 0.15) is 0 Å². The van der Waals surface area contributed by atoms with E-state index in [4.69, 9.17) is 0 Å². The van der Waals surface area contributed by atoms with E-state index in [0.29, 0.717) is 6.04 Å². The fourth-order valence-corrected chi connectivity index (χ4v) is 1.93. The van der Waals surface area contributed by atoms with Gasteiger partial charge < -0.3 is 9.80 Å². The second kappa shape index (κ2) is 5.35. The number of hydrogen-bond donors (Lipinski definition) is 0. The summed E-state index contributed by atoms with van der Waals surface area (Å²) in [7, 11) is 3.63. The molecule has 0 spiro atoms. The Balaban J connectivity index is 2.49. The van der Waals surface area contributed by atoms with Gasteiger partial charge in [0.2, 0.25) is 0 Å². The van der Waals surface area contributed by atoms with Gasteiger partial charge in [-0.2, -0.15) is 0 Å². The molecule has 0 N–H and O–H groups in total. The van der Waals surface area contributed by atoms with Gasteiger partial charge in [0, 0.05) is 46.3 Å². The predicted molar refractivity (Wildman–Crippen MR) is 62.0 cm³/mol. The molecule has 0 atom stereocenters. The highest BCUT2D eigenvalue weighted by Gasteiger charge is 2.20. The Morgan fingerprint density at radius 2 is 1.80 bits per heavy atom. The molecule has 0 aromatic carbocycles. The van der Waals surface area contributed by atoms with Gasteiger partial charge in [-0.15, -0.1) is 0 Å². The van der Waals surface area contributed by atoms with Crippen molar-refractivity contribution in [2.75, 3.05) is 40.3 Å². The lowest BCUT2D eigenvalue weighted by molar-refractivity contribution is 0.169. The summed E-state index contributed by atoms with van der Waals surface area (Å²) in [4.78, 5) is 17.8. The van der Waals surface area contributed by atoms with E-state index in [1.54, 1.807) is 4.90 Å². The Labute approximate surface area is 92.8 Å². The zero-order chi connectivity index (χ0) is 11.4. The van der Waals surface area contributed by atoms with Crippen LogP contribution in [0.25, 0.3) is 0 Å². The first-order chi connectivity index (χ1) is 7.02. The Kier molecular flexibility index (Phi) is 4.39. The smallest absolute Gasteiger partial charge is 0.319 e. The molecule has 15 heavy (non-hydrogen) atoms. The summed E-state index contributed by atoms with van der Waals surface area (Å²) in [6, 6.07) is 0.722. The zero-order valence-corrected chi connectivity index (χ0v) is 10.4. The van der Waals surface area contributed by atoms with Crippen LogP contribution >= 0.6 is 0 Å². The lowest BCUT2D eigenvalue weighted by Crippen LogP contribution is -2.42. The van der Waals surface area contributed by atoms with Crippen LogP contribution in [0, 0.1) is 0 Å². The maximum Gasteiger partial charge on any atom is 0.319 e. The van der Waals surface area contributed by atoms with Crippen LogP contribution in [0.3, 0.4) is 0 Å². The molecular formula is C11H23N3O. The number of urea groups is 1. The average molecular weight is 213 g/mol. The van der Waals surface area contributed by atoms with Crippen molar-refractivity contribution in [3.05, 3.63) is 0 Å². The quantitative estimate of drug-likeness (QED) is 0.652. The summed E-state index contributed by atoms with van der Waals surface area (Å²) >= 11 is 0. The summed E-state index contributed by atoms with van der Waals surface area (Å²) in [5.74, 6) is 0. The normalized spacial score (nSPS) is 19.1. The number of carbonyl (C=O) groups is 1. The van der Waals surface area contributed by atoms with Gasteiger partial charge in [-0.3, -0.25) is 4.90 Å². The second-order valence-corrected chi connectivity index (χ2v) is 4.65. The minimum absolute atomic E-state index is 0.139. The molecule has 0 aromatic heterocycles. The number of carbonyl (C=O) groups excluding carboxylic acids is 1. The van der Waals surface area contributed by atoms with Gasteiger partial charge in [-0.1, -0.05) is 0 Å². The molecule has 0 bridgehead atoms. The van der Waals surface area contributed by atoms with Gasteiger partial charge in [-0.05, 0) is 20.3 Å². The van der Waals surface area contributed by atoms with Crippen LogP contribution in [0.5, 0.6) is 0 Å². The Hall–Kier alpha value is -0.770. The van der Waals surface area contributed by atoms with Gasteiger partial charge in [0.05, 0.1) is 0 Å². The summed E-state index contributed by atoms with van der Waals surface area (Å²) in [5.41, 5.74) is 0. The van der Waals surface area contributed by atoms with Crippen molar-refractivity contribution in [2.45, 2.75) is 26.3 Å². The Morgan fingerprint density at radius 1 is 1.13 bits per heavy atom. The number of rotatable bonds is 1. The van der Waals surface area contributed by atoms with E-state index in [0.717, 1.165) is 32.6 Å². The predicted octanol–water partition coefficient (Wildman–Crippen LogP) is 1.08. The minimum Gasteiger partial charge on any atom is -0.331 e. The fraction of sp³-hybridized carbons (Fsp3) is 0.909. The average Bonchev–Trinajstić information content (AvgIpc) is 2.41. The first kappa shape index (κ1) is 12.3. The highest BCUT2D eigenvalue weighted by molar-refractivity contribution is 5.73. The van der Waals surface area contributed by atoms with E-state index >= 15 is 0 Å². The van der Waals surface area contributed by atoms with Crippen LogP contribution in [0.2, 0.25) is 0 Å². The largest absolute Gasteiger partial charge is 0.331 e. The molecule has 0 aliphatic carbocycles. The number of amides is 2. The second-order valence-electron chi connectivity index (χ2n) is 4.65. The molecular weight excluding hydrogens is 190 g/mol. The van der Waals surface area contributed by atoms with E-state index in [1.165, 1.54) is 0 Å². The molecule has 2 amide bonds. The molecule has 0 radical (unpaired) electrons. The molecule has 1 rings (SSSR count). The third kappa shape index (κ3) is 3.38. The van der Waals surface area contributed by atoms with Crippen LogP contribution in [0.4, 0.5) is 4.79 Å². The van der Waals surface area contributed by atoms with Crippen molar-refractivity contribution in [1.29, 1.82) is 0 Å². The van der Waals surface area contributed by atoms with Crippen molar-refractivity contribution in [3.63, 3.8) is 0 Å². The van der Waals surface area contributed by atoms with E-state index in [2.05, 4.69) is 18.7 Å². The minimum atomic E-state index is 0.139. The standard InChI is InChI=1S/C11H23N3O/c1-10(2)13-6-5-7-14(9-8-13)11(15)12(3)4/h10H,5-9H2,1-4H3. The molecule has 4 heteroatoms. The molecule has 1 aliphatic rings. The Morgan fingerprint density at radius 3 is 2.33 bits per heavy atom. The number of nitrogens with zero attached hydrogens (tertiary/aromatic N) is 3. The van der Waals surface area contributed by atoms with E-state index in [-0.39, 0.29) is 6.03 Å². The lowest BCUT2D eigenvalue weighted by Gasteiger charge is -2.26. The number of hydrogen-bond acceptors (Lipinski definition) is 2. The van der Waals surface area contributed by atoms with Crippen molar-refractivity contribution in [1.82, 2.24) is 14.7 Å². The molecule has 0 unspecified atom stereocenters. The lowest BCUT2D eigenvalue weighted by atomic mass is 10.3. The topological polar surface area (TPSA) is 26.8 Å².